The Bertz CT molecular complexity index is 838. The summed E-state index contributed by atoms with van der Waals surface area (Å²) in [5.41, 5.74) is 2.74. The van der Waals surface area contributed by atoms with Crippen molar-refractivity contribution in [1.82, 2.24) is 4.90 Å². The molecule has 2 bridgehead atoms. The molecule has 5 nitrogen and oxygen atoms in total. The van der Waals surface area contributed by atoms with Gasteiger partial charge in [-0.3, -0.25) is 4.90 Å². The zero-order chi connectivity index (χ0) is 20.0. The van der Waals surface area contributed by atoms with E-state index in [0.29, 0.717) is 12.0 Å². The SMILES string of the molecule is COc1ccc2c3c1O[C@@H]1C(OC)(OC)C(Br)CC4[C@H](C2)N(CC2CC2)CC[C@]341. The van der Waals surface area contributed by atoms with Gasteiger partial charge in [0.05, 0.1) is 11.9 Å². The molecule has 6 heteroatoms. The summed E-state index contributed by atoms with van der Waals surface area (Å²) in [5, 5.41) is 0. The fraction of sp³-hybridized carbons (Fsp3) is 0.739. The lowest BCUT2D eigenvalue weighted by Crippen LogP contribution is -2.74. The zero-order valence-corrected chi connectivity index (χ0v) is 19.0. The molecule has 2 unspecified atom stereocenters. The molecule has 5 aliphatic rings. The predicted molar refractivity (Wildman–Crippen MR) is 113 cm³/mol. The van der Waals surface area contributed by atoms with Gasteiger partial charge in [0.15, 0.2) is 17.6 Å². The Balaban J connectivity index is 1.55. The van der Waals surface area contributed by atoms with Crippen LogP contribution in [0, 0.1) is 11.8 Å². The first-order valence-electron chi connectivity index (χ1n) is 10.9. The Kier molecular flexibility index (Phi) is 4.14. The average molecular weight is 464 g/mol. The van der Waals surface area contributed by atoms with Gasteiger partial charge in [-0.05, 0) is 62.1 Å². The fourth-order valence-electron chi connectivity index (χ4n) is 7.10. The van der Waals surface area contributed by atoms with Crippen molar-refractivity contribution in [2.75, 3.05) is 34.4 Å². The number of halogens is 1. The summed E-state index contributed by atoms with van der Waals surface area (Å²) in [4.78, 5) is 2.88. The lowest BCUT2D eigenvalue weighted by molar-refractivity contribution is -0.287. The number of likely N-dealkylation sites (tertiary alicyclic amines) is 1. The van der Waals surface area contributed by atoms with Crippen LogP contribution < -0.4 is 9.47 Å². The van der Waals surface area contributed by atoms with Crippen LogP contribution in [-0.4, -0.2) is 62.1 Å². The number of benzene rings is 1. The van der Waals surface area contributed by atoms with Gasteiger partial charge in [0.25, 0.3) is 0 Å². The Morgan fingerprint density at radius 3 is 2.69 bits per heavy atom. The molecule has 0 amide bonds. The average Bonchev–Trinajstić information content (AvgIpc) is 3.48. The molecule has 2 saturated carbocycles. The van der Waals surface area contributed by atoms with E-state index in [-0.39, 0.29) is 16.3 Å². The van der Waals surface area contributed by atoms with Crippen LogP contribution in [0.1, 0.15) is 36.8 Å². The summed E-state index contributed by atoms with van der Waals surface area (Å²) >= 11 is 3.96. The number of hydrogen-bond donors (Lipinski definition) is 0. The standard InChI is InChI=1S/C23H30BrNO4/c1-26-17-7-6-14-10-16-15-11-18(24)23(27-2,28-3)21-22(15,19(14)20(17)29-21)8-9-25(16)12-13-4-5-13/h6-7,13,15-16,18,21H,4-5,8-12H2,1-3H3/t15?,16-,18?,21-,22+/m0/s1. The zero-order valence-electron chi connectivity index (χ0n) is 17.4. The normalized spacial score (nSPS) is 39.0. The third-order valence-corrected chi connectivity index (χ3v) is 9.54. The molecular weight excluding hydrogens is 434 g/mol. The summed E-state index contributed by atoms with van der Waals surface area (Å²) in [6.45, 7) is 2.39. The van der Waals surface area contributed by atoms with Crippen LogP contribution in [0.25, 0.3) is 0 Å². The van der Waals surface area contributed by atoms with Crippen molar-refractivity contribution >= 4 is 15.9 Å². The number of ether oxygens (including phenoxy) is 4. The first-order valence-corrected chi connectivity index (χ1v) is 11.9. The minimum absolute atomic E-state index is 0.0710. The highest BCUT2D eigenvalue weighted by Gasteiger charge is 2.72. The largest absolute Gasteiger partial charge is 0.493 e. The molecule has 3 fully saturated rings. The van der Waals surface area contributed by atoms with Gasteiger partial charge in [0, 0.05) is 37.8 Å². The summed E-state index contributed by atoms with van der Waals surface area (Å²) in [6.07, 6.45) is 5.86. The number of piperidine rings is 1. The molecule has 2 aliphatic heterocycles. The van der Waals surface area contributed by atoms with Crippen molar-refractivity contribution in [1.29, 1.82) is 0 Å². The fourth-order valence-corrected chi connectivity index (χ4v) is 8.12. The number of methoxy groups -OCH3 is 3. The molecule has 2 heterocycles. The van der Waals surface area contributed by atoms with Crippen molar-refractivity contribution in [3.8, 4) is 11.5 Å². The van der Waals surface area contributed by atoms with E-state index in [2.05, 4.69) is 33.0 Å². The summed E-state index contributed by atoms with van der Waals surface area (Å²) in [6, 6.07) is 4.92. The summed E-state index contributed by atoms with van der Waals surface area (Å²) in [7, 11) is 5.24. The van der Waals surface area contributed by atoms with E-state index >= 15 is 0 Å². The van der Waals surface area contributed by atoms with Crippen molar-refractivity contribution in [3.05, 3.63) is 23.3 Å². The minimum Gasteiger partial charge on any atom is -0.493 e. The Labute approximate surface area is 181 Å². The molecular formula is C23H30BrNO4. The van der Waals surface area contributed by atoms with E-state index in [0.717, 1.165) is 43.2 Å². The number of alkyl halides is 1. The number of rotatable bonds is 5. The Morgan fingerprint density at radius 2 is 2.00 bits per heavy atom. The van der Waals surface area contributed by atoms with Gasteiger partial charge in [-0.15, -0.1) is 0 Å². The first kappa shape index (κ1) is 18.9. The third kappa shape index (κ3) is 2.27. The van der Waals surface area contributed by atoms with Crippen LogP contribution in [0.3, 0.4) is 0 Å². The van der Waals surface area contributed by atoms with Crippen LogP contribution in [0.5, 0.6) is 11.5 Å². The van der Waals surface area contributed by atoms with E-state index in [1.807, 2.05) is 0 Å². The molecule has 1 saturated heterocycles. The van der Waals surface area contributed by atoms with E-state index in [9.17, 15) is 0 Å². The molecule has 6 rings (SSSR count). The second-order valence-electron chi connectivity index (χ2n) is 9.57. The summed E-state index contributed by atoms with van der Waals surface area (Å²) in [5.74, 6) is 2.39. The molecule has 0 aromatic heterocycles. The highest BCUT2D eigenvalue weighted by molar-refractivity contribution is 9.09. The maximum Gasteiger partial charge on any atom is 0.219 e. The van der Waals surface area contributed by atoms with Crippen molar-refractivity contribution in [2.45, 2.75) is 60.3 Å². The van der Waals surface area contributed by atoms with Gasteiger partial charge in [-0.2, -0.15) is 0 Å². The van der Waals surface area contributed by atoms with Crippen LogP contribution >= 0.6 is 15.9 Å². The summed E-state index contributed by atoms with van der Waals surface area (Å²) < 4.78 is 24.7. The van der Waals surface area contributed by atoms with Gasteiger partial charge < -0.3 is 18.9 Å². The van der Waals surface area contributed by atoms with Crippen molar-refractivity contribution < 1.29 is 18.9 Å². The monoisotopic (exact) mass is 463 g/mol. The molecule has 158 valence electrons. The van der Waals surface area contributed by atoms with Crippen LogP contribution in [0.2, 0.25) is 0 Å². The molecule has 3 aliphatic carbocycles. The second kappa shape index (κ2) is 6.35. The molecule has 1 aromatic carbocycles. The topological polar surface area (TPSA) is 40.2 Å². The molecule has 1 aromatic rings. The lowest BCUT2D eigenvalue weighted by Gasteiger charge is -2.62. The highest BCUT2D eigenvalue weighted by atomic mass is 79.9. The van der Waals surface area contributed by atoms with Crippen LogP contribution in [0.15, 0.2) is 12.1 Å². The number of nitrogens with zero attached hydrogens (tertiary/aromatic N) is 1. The van der Waals surface area contributed by atoms with Gasteiger partial charge in [-0.25, -0.2) is 0 Å². The van der Waals surface area contributed by atoms with Crippen molar-refractivity contribution in [2.24, 2.45) is 11.8 Å². The first-order chi connectivity index (χ1) is 14.1. The molecule has 5 atom stereocenters. The van der Waals surface area contributed by atoms with Crippen molar-refractivity contribution in [3.63, 3.8) is 0 Å². The van der Waals surface area contributed by atoms with Gasteiger partial charge >= 0.3 is 0 Å². The number of hydrogen-bond acceptors (Lipinski definition) is 5. The highest BCUT2D eigenvalue weighted by Crippen LogP contribution is 2.67. The third-order valence-electron chi connectivity index (χ3n) is 8.52. The molecule has 0 radical (unpaired) electrons. The lowest BCUT2D eigenvalue weighted by atomic mass is 9.50. The maximum atomic E-state index is 6.77. The smallest absolute Gasteiger partial charge is 0.219 e. The van der Waals surface area contributed by atoms with E-state index in [1.54, 1.807) is 21.3 Å². The molecule has 0 N–H and O–H groups in total. The quantitative estimate of drug-likeness (QED) is 0.493. The molecule has 1 spiro atoms. The van der Waals surface area contributed by atoms with Gasteiger partial charge in [-0.1, -0.05) is 22.0 Å². The van der Waals surface area contributed by atoms with Gasteiger partial charge in [0.2, 0.25) is 5.79 Å². The molecule has 29 heavy (non-hydrogen) atoms. The van der Waals surface area contributed by atoms with Crippen LogP contribution in [0.4, 0.5) is 0 Å². The van der Waals surface area contributed by atoms with E-state index in [1.165, 1.54) is 30.5 Å². The minimum atomic E-state index is -0.807. The van der Waals surface area contributed by atoms with Crippen LogP contribution in [-0.2, 0) is 21.3 Å². The van der Waals surface area contributed by atoms with Gasteiger partial charge in [0.1, 0.15) is 0 Å². The Hall–Kier alpha value is -0.820. The second-order valence-corrected chi connectivity index (χ2v) is 10.7. The maximum absolute atomic E-state index is 6.77. The predicted octanol–water partition coefficient (Wildman–Crippen LogP) is 3.51. The van der Waals surface area contributed by atoms with E-state index < -0.39 is 5.79 Å². The van der Waals surface area contributed by atoms with E-state index in [4.69, 9.17) is 18.9 Å². The Morgan fingerprint density at radius 1 is 1.21 bits per heavy atom.